The Morgan fingerprint density at radius 1 is 1.14 bits per heavy atom. The molecule has 2 aromatic heterocycles. The first kappa shape index (κ1) is 19.2. The number of carbonyl (C=O) groups is 1. The van der Waals surface area contributed by atoms with Crippen LogP contribution in [0.2, 0.25) is 0 Å². The number of hydrogen-bond donors (Lipinski definition) is 0. The van der Waals surface area contributed by atoms with Crippen molar-refractivity contribution in [2.24, 2.45) is 4.99 Å². The molecule has 0 bridgehead atoms. The van der Waals surface area contributed by atoms with Crippen LogP contribution in [0.1, 0.15) is 31.0 Å². The Hall–Kier alpha value is -3.12. The van der Waals surface area contributed by atoms with Gasteiger partial charge in [-0.3, -0.25) is 14.7 Å². The predicted octanol–water partition coefficient (Wildman–Crippen LogP) is 5.27. The van der Waals surface area contributed by atoms with Crippen LogP contribution in [0.5, 0.6) is 0 Å². The van der Waals surface area contributed by atoms with Crippen LogP contribution in [-0.4, -0.2) is 25.5 Å². The fourth-order valence-electron chi connectivity index (χ4n) is 3.01. The molecular formula is C23H22N4OS. The second-order valence-electron chi connectivity index (χ2n) is 7.08. The minimum atomic E-state index is -0.0363. The van der Waals surface area contributed by atoms with E-state index in [1.165, 1.54) is 11.8 Å². The lowest BCUT2D eigenvalue weighted by molar-refractivity contribution is -0.122. The molecular weight excluding hydrogens is 380 g/mol. The highest BCUT2D eigenvalue weighted by Crippen LogP contribution is 2.35. The van der Waals surface area contributed by atoms with Crippen LogP contribution in [0.4, 0.5) is 5.69 Å². The summed E-state index contributed by atoms with van der Waals surface area (Å²) in [7, 11) is 0. The Morgan fingerprint density at radius 2 is 1.97 bits per heavy atom. The largest absolute Gasteiger partial charge is 0.351 e. The molecule has 1 fully saturated rings. The van der Waals surface area contributed by atoms with Crippen LogP contribution < -0.4 is 0 Å². The summed E-state index contributed by atoms with van der Waals surface area (Å²) in [6.07, 6.45) is 9.54. The second kappa shape index (κ2) is 8.49. The Labute approximate surface area is 174 Å². The van der Waals surface area contributed by atoms with Gasteiger partial charge in [0.2, 0.25) is 0 Å². The van der Waals surface area contributed by atoms with E-state index in [0.717, 1.165) is 16.8 Å². The highest BCUT2D eigenvalue weighted by Gasteiger charge is 2.33. The number of amides is 1. The molecule has 3 heterocycles. The van der Waals surface area contributed by atoms with Gasteiger partial charge in [-0.05, 0) is 67.1 Å². The van der Waals surface area contributed by atoms with Crippen molar-refractivity contribution in [3.8, 4) is 0 Å². The quantitative estimate of drug-likeness (QED) is 0.547. The lowest BCUT2D eigenvalue weighted by Gasteiger charge is -2.15. The maximum atomic E-state index is 13.2. The molecule has 0 saturated carbocycles. The molecule has 0 aliphatic carbocycles. The number of thioether (sulfide) groups is 1. The van der Waals surface area contributed by atoms with Crippen LogP contribution in [0, 0.1) is 0 Å². The van der Waals surface area contributed by atoms with Gasteiger partial charge in [-0.2, -0.15) is 0 Å². The van der Waals surface area contributed by atoms with Crippen LogP contribution in [0.3, 0.4) is 0 Å². The third kappa shape index (κ3) is 4.49. The summed E-state index contributed by atoms with van der Waals surface area (Å²) in [5, 5.41) is 0.680. The summed E-state index contributed by atoms with van der Waals surface area (Å²) in [6, 6.07) is 16.0. The van der Waals surface area contributed by atoms with E-state index in [9.17, 15) is 4.79 Å². The van der Waals surface area contributed by atoms with E-state index >= 15 is 0 Å². The molecule has 1 amide bonds. The summed E-state index contributed by atoms with van der Waals surface area (Å²) in [6.45, 7) is 4.70. The Bertz CT molecular complexity index is 1050. The molecule has 3 aromatic rings. The van der Waals surface area contributed by atoms with Gasteiger partial charge in [-0.15, -0.1) is 0 Å². The summed E-state index contributed by atoms with van der Waals surface area (Å²) in [4.78, 5) is 24.5. The molecule has 1 saturated heterocycles. The van der Waals surface area contributed by atoms with E-state index in [2.05, 4.69) is 29.6 Å². The van der Waals surface area contributed by atoms with Crippen molar-refractivity contribution in [2.45, 2.75) is 26.4 Å². The zero-order valence-electron chi connectivity index (χ0n) is 16.4. The minimum Gasteiger partial charge on any atom is -0.351 e. The summed E-state index contributed by atoms with van der Waals surface area (Å²) >= 11 is 1.41. The van der Waals surface area contributed by atoms with Gasteiger partial charge >= 0.3 is 0 Å². The normalized spacial score (nSPS) is 17.1. The molecule has 146 valence electrons. The Balaban J connectivity index is 1.67. The maximum absolute atomic E-state index is 13.2. The van der Waals surface area contributed by atoms with Crippen molar-refractivity contribution in [3.05, 3.63) is 89.4 Å². The van der Waals surface area contributed by atoms with Crippen LogP contribution in [0.15, 0.2) is 83.2 Å². The zero-order valence-corrected chi connectivity index (χ0v) is 17.2. The van der Waals surface area contributed by atoms with Crippen molar-refractivity contribution in [2.75, 3.05) is 0 Å². The monoisotopic (exact) mass is 402 g/mol. The van der Waals surface area contributed by atoms with Crippen molar-refractivity contribution in [1.82, 2.24) is 14.5 Å². The van der Waals surface area contributed by atoms with Gasteiger partial charge in [0.05, 0.1) is 17.1 Å². The predicted molar refractivity (Wildman–Crippen MR) is 119 cm³/mol. The maximum Gasteiger partial charge on any atom is 0.267 e. The Morgan fingerprint density at radius 3 is 2.66 bits per heavy atom. The third-order valence-corrected chi connectivity index (χ3v) is 5.57. The van der Waals surface area contributed by atoms with Gasteiger partial charge in [-0.1, -0.05) is 24.3 Å². The molecule has 0 unspecified atom stereocenters. The van der Waals surface area contributed by atoms with Crippen molar-refractivity contribution in [1.29, 1.82) is 0 Å². The van der Waals surface area contributed by atoms with Crippen molar-refractivity contribution < 1.29 is 4.79 Å². The molecule has 29 heavy (non-hydrogen) atoms. The lowest BCUT2D eigenvalue weighted by Crippen LogP contribution is -2.28. The highest BCUT2D eigenvalue weighted by atomic mass is 32.2. The smallest absolute Gasteiger partial charge is 0.267 e. The Kier molecular flexibility index (Phi) is 5.62. The highest BCUT2D eigenvalue weighted by molar-refractivity contribution is 8.18. The molecule has 1 aliphatic heterocycles. The summed E-state index contributed by atoms with van der Waals surface area (Å²) < 4.78 is 2.13. The minimum absolute atomic E-state index is 0.0363. The molecule has 0 spiro atoms. The number of aliphatic imine (C=N–C) groups is 1. The van der Waals surface area contributed by atoms with Gasteiger partial charge in [0.25, 0.3) is 5.91 Å². The summed E-state index contributed by atoms with van der Waals surface area (Å²) in [5.41, 5.74) is 2.80. The van der Waals surface area contributed by atoms with Gasteiger partial charge in [0.15, 0.2) is 5.17 Å². The first-order valence-electron chi connectivity index (χ1n) is 9.52. The van der Waals surface area contributed by atoms with Crippen LogP contribution in [-0.2, 0) is 11.3 Å². The molecule has 0 atom stereocenters. The molecule has 1 aromatic carbocycles. The molecule has 5 nitrogen and oxygen atoms in total. The van der Waals surface area contributed by atoms with E-state index in [1.54, 1.807) is 17.3 Å². The number of aromatic nitrogens is 2. The van der Waals surface area contributed by atoms with Crippen LogP contribution in [0.25, 0.3) is 6.08 Å². The lowest BCUT2D eigenvalue weighted by atomic mass is 10.2. The van der Waals surface area contributed by atoms with E-state index in [4.69, 9.17) is 4.99 Å². The number of para-hydroxylation sites is 1. The van der Waals surface area contributed by atoms with Crippen molar-refractivity contribution >= 4 is 34.6 Å². The van der Waals surface area contributed by atoms with E-state index in [0.29, 0.717) is 22.7 Å². The fourth-order valence-corrected chi connectivity index (χ4v) is 4.00. The number of amidine groups is 1. The van der Waals surface area contributed by atoms with E-state index in [-0.39, 0.29) is 5.91 Å². The van der Waals surface area contributed by atoms with Gasteiger partial charge in [0, 0.05) is 30.8 Å². The molecule has 0 radical (unpaired) electrons. The average molecular weight is 403 g/mol. The first-order chi connectivity index (χ1) is 14.1. The van der Waals surface area contributed by atoms with Gasteiger partial charge in [0.1, 0.15) is 0 Å². The second-order valence-corrected chi connectivity index (χ2v) is 8.09. The topological polar surface area (TPSA) is 50.5 Å². The molecule has 0 N–H and O–H groups in total. The first-order valence-corrected chi connectivity index (χ1v) is 10.3. The third-order valence-electron chi connectivity index (χ3n) is 4.56. The SMILES string of the molecule is CC(C)n1ccc(/C=C2/SC(=Nc3ccccc3)N(Cc3cccnc3)C2=O)c1. The molecule has 1 aliphatic rings. The van der Waals surface area contributed by atoms with Crippen molar-refractivity contribution in [3.63, 3.8) is 0 Å². The average Bonchev–Trinajstić information content (AvgIpc) is 3.31. The number of carbonyl (C=O) groups excluding carboxylic acids is 1. The number of pyridine rings is 1. The van der Waals surface area contributed by atoms with Gasteiger partial charge < -0.3 is 4.57 Å². The summed E-state index contributed by atoms with van der Waals surface area (Å²) in [5.74, 6) is -0.0363. The number of rotatable bonds is 5. The molecule has 6 heteroatoms. The number of benzene rings is 1. The fraction of sp³-hybridized carbons (Fsp3) is 0.174. The van der Waals surface area contributed by atoms with Gasteiger partial charge in [-0.25, -0.2) is 4.99 Å². The van der Waals surface area contributed by atoms with E-state index < -0.39 is 0 Å². The number of hydrogen-bond acceptors (Lipinski definition) is 4. The standard InChI is InChI=1S/C23H22N4OS/c1-17(2)26-12-10-18(15-26)13-21-22(28)27(16-19-7-6-11-24-14-19)23(29-21)25-20-8-4-3-5-9-20/h3-15,17H,16H2,1-2H3/b21-13+,25-23?. The van der Waals surface area contributed by atoms with Crippen LogP contribution >= 0.6 is 11.8 Å². The zero-order chi connectivity index (χ0) is 20.2. The number of nitrogens with zero attached hydrogens (tertiary/aromatic N) is 4. The molecule has 4 rings (SSSR count). The van der Waals surface area contributed by atoms with E-state index in [1.807, 2.05) is 60.8 Å².